The van der Waals surface area contributed by atoms with Crippen LogP contribution >= 0.6 is 0 Å². The molecule has 0 saturated heterocycles. The molecule has 0 amide bonds. The van der Waals surface area contributed by atoms with Gasteiger partial charge in [0.1, 0.15) is 0 Å². The van der Waals surface area contributed by atoms with E-state index in [4.69, 9.17) is 0 Å². The van der Waals surface area contributed by atoms with E-state index in [0.717, 1.165) is 32.1 Å². The van der Waals surface area contributed by atoms with Crippen LogP contribution in [0.5, 0.6) is 0 Å². The maximum absolute atomic E-state index is 10.4. The molecule has 0 spiro atoms. The van der Waals surface area contributed by atoms with Crippen LogP contribution in [0.1, 0.15) is 52.9 Å². The van der Waals surface area contributed by atoms with Crippen molar-refractivity contribution >= 4 is 0 Å². The molecule has 2 aliphatic rings. The molecule has 2 nitrogen and oxygen atoms in total. The Labute approximate surface area is 105 Å². The highest BCUT2D eigenvalue weighted by atomic mass is 16.3. The Morgan fingerprint density at radius 2 is 2.06 bits per heavy atom. The molecule has 0 heterocycles. The van der Waals surface area contributed by atoms with Crippen LogP contribution in [0.25, 0.3) is 0 Å². The Morgan fingerprint density at radius 3 is 2.71 bits per heavy atom. The van der Waals surface area contributed by atoms with E-state index in [1.807, 2.05) is 0 Å². The maximum atomic E-state index is 10.4. The summed E-state index contributed by atoms with van der Waals surface area (Å²) in [6.45, 7) is 6.57. The van der Waals surface area contributed by atoms with Crippen molar-refractivity contribution in [3.05, 3.63) is 11.6 Å². The van der Waals surface area contributed by atoms with Crippen molar-refractivity contribution in [1.29, 1.82) is 0 Å². The van der Waals surface area contributed by atoms with E-state index < -0.39 is 0 Å². The molecule has 0 aromatic rings. The zero-order valence-corrected chi connectivity index (χ0v) is 11.3. The van der Waals surface area contributed by atoms with E-state index in [1.165, 1.54) is 5.57 Å². The standard InChI is InChI=1S/C15H26O2/c1-4-5-10-6-7-11-8-15(2,3)9-12(16)13(11)14(10)17/h7,10,12-14,16-17H,4-6,8-9H2,1-3H3/t10-,12+,13-,14+/m1/s1. The third-order valence-electron chi connectivity index (χ3n) is 4.48. The van der Waals surface area contributed by atoms with Crippen LogP contribution < -0.4 is 0 Å². The van der Waals surface area contributed by atoms with E-state index in [-0.39, 0.29) is 23.5 Å². The first-order valence-electron chi connectivity index (χ1n) is 6.99. The second-order valence-corrected chi connectivity index (χ2v) is 6.69. The third-order valence-corrected chi connectivity index (χ3v) is 4.48. The number of allylic oxidation sites excluding steroid dienone is 1. The Morgan fingerprint density at radius 1 is 1.35 bits per heavy atom. The lowest BCUT2D eigenvalue weighted by Crippen LogP contribution is -2.46. The van der Waals surface area contributed by atoms with Crippen molar-refractivity contribution in [1.82, 2.24) is 0 Å². The summed E-state index contributed by atoms with van der Waals surface area (Å²) in [5.41, 5.74) is 1.48. The van der Waals surface area contributed by atoms with Gasteiger partial charge in [0.15, 0.2) is 0 Å². The first-order chi connectivity index (χ1) is 7.94. The first kappa shape index (κ1) is 13.1. The molecule has 1 saturated carbocycles. The van der Waals surface area contributed by atoms with Gasteiger partial charge in [-0.05, 0) is 37.0 Å². The van der Waals surface area contributed by atoms with Crippen molar-refractivity contribution in [2.45, 2.75) is 65.1 Å². The average Bonchev–Trinajstić information content (AvgIpc) is 2.20. The van der Waals surface area contributed by atoms with Crippen LogP contribution in [0.3, 0.4) is 0 Å². The van der Waals surface area contributed by atoms with E-state index in [9.17, 15) is 10.2 Å². The molecule has 0 aliphatic heterocycles. The second kappa shape index (κ2) is 4.74. The van der Waals surface area contributed by atoms with E-state index in [2.05, 4.69) is 26.8 Å². The Kier molecular flexibility index (Phi) is 3.65. The van der Waals surface area contributed by atoms with Gasteiger partial charge in [-0.1, -0.05) is 38.8 Å². The minimum Gasteiger partial charge on any atom is -0.392 e. The minimum atomic E-state index is -0.361. The fraction of sp³-hybridized carbons (Fsp3) is 0.867. The van der Waals surface area contributed by atoms with E-state index in [0.29, 0.717) is 5.92 Å². The maximum Gasteiger partial charge on any atom is 0.0661 e. The van der Waals surface area contributed by atoms with Gasteiger partial charge >= 0.3 is 0 Å². The first-order valence-corrected chi connectivity index (χ1v) is 6.99. The molecule has 0 aromatic heterocycles. The average molecular weight is 238 g/mol. The number of aliphatic hydroxyl groups is 2. The molecule has 2 rings (SSSR count). The van der Waals surface area contributed by atoms with Crippen molar-refractivity contribution in [2.24, 2.45) is 17.3 Å². The van der Waals surface area contributed by atoms with Gasteiger partial charge in [-0.15, -0.1) is 0 Å². The van der Waals surface area contributed by atoms with Gasteiger partial charge in [0.05, 0.1) is 12.2 Å². The highest BCUT2D eigenvalue weighted by Gasteiger charge is 2.44. The summed E-state index contributed by atoms with van der Waals surface area (Å²) in [5, 5.41) is 20.7. The van der Waals surface area contributed by atoms with Crippen molar-refractivity contribution < 1.29 is 10.2 Å². The molecule has 4 atom stereocenters. The topological polar surface area (TPSA) is 40.5 Å². The third kappa shape index (κ3) is 2.58. The molecule has 98 valence electrons. The molecule has 2 N–H and O–H groups in total. The number of fused-ring (bicyclic) bond motifs is 1. The smallest absolute Gasteiger partial charge is 0.0661 e. The molecule has 17 heavy (non-hydrogen) atoms. The molecule has 2 aliphatic carbocycles. The lowest BCUT2D eigenvalue weighted by Gasteiger charge is -2.46. The van der Waals surface area contributed by atoms with Crippen molar-refractivity contribution in [3.63, 3.8) is 0 Å². The predicted octanol–water partition coefficient (Wildman–Crippen LogP) is 2.89. The van der Waals surface area contributed by atoms with Gasteiger partial charge in [-0.25, -0.2) is 0 Å². The van der Waals surface area contributed by atoms with Crippen LogP contribution in [0, 0.1) is 17.3 Å². The summed E-state index contributed by atoms with van der Waals surface area (Å²) in [4.78, 5) is 0. The van der Waals surface area contributed by atoms with Crippen LogP contribution in [0.2, 0.25) is 0 Å². The lowest BCUT2D eigenvalue weighted by atomic mass is 9.62. The molecule has 0 unspecified atom stereocenters. The van der Waals surface area contributed by atoms with Gasteiger partial charge < -0.3 is 10.2 Å². The summed E-state index contributed by atoms with van der Waals surface area (Å²) >= 11 is 0. The summed E-state index contributed by atoms with van der Waals surface area (Å²) in [7, 11) is 0. The predicted molar refractivity (Wildman–Crippen MR) is 69.6 cm³/mol. The fourth-order valence-electron chi connectivity index (χ4n) is 3.73. The highest BCUT2D eigenvalue weighted by Crippen LogP contribution is 2.47. The Balaban J connectivity index is 2.18. The zero-order chi connectivity index (χ0) is 12.6. The summed E-state index contributed by atoms with van der Waals surface area (Å²) in [6.07, 6.45) is 6.61. The SMILES string of the molecule is CCC[C@@H]1CC=C2CC(C)(C)C[C@H](O)[C@@H]2[C@H]1O. The van der Waals surface area contributed by atoms with Gasteiger partial charge in [0, 0.05) is 5.92 Å². The largest absolute Gasteiger partial charge is 0.392 e. The van der Waals surface area contributed by atoms with Gasteiger partial charge in [0.25, 0.3) is 0 Å². The number of hydrogen-bond acceptors (Lipinski definition) is 2. The monoisotopic (exact) mass is 238 g/mol. The van der Waals surface area contributed by atoms with Gasteiger partial charge in [-0.3, -0.25) is 0 Å². The Bertz CT molecular complexity index is 306. The molecule has 0 radical (unpaired) electrons. The highest BCUT2D eigenvalue weighted by molar-refractivity contribution is 5.20. The van der Waals surface area contributed by atoms with Crippen molar-refractivity contribution in [2.75, 3.05) is 0 Å². The number of hydrogen-bond donors (Lipinski definition) is 2. The normalized spacial score (nSPS) is 40.6. The zero-order valence-electron chi connectivity index (χ0n) is 11.3. The number of aliphatic hydroxyl groups excluding tert-OH is 2. The second-order valence-electron chi connectivity index (χ2n) is 6.69. The quantitative estimate of drug-likeness (QED) is 0.726. The summed E-state index contributed by atoms with van der Waals surface area (Å²) in [6, 6.07) is 0. The molecular formula is C15H26O2. The molecule has 1 fully saturated rings. The molecular weight excluding hydrogens is 212 g/mol. The van der Waals surface area contributed by atoms with Crippen LogP contribution in [0.4, 0.5) is 0 Å². The van der Waals surface area contributed by atoms with Gasteiger partial charge in [0.2, 0.25) is 0 Å². The van der Waals surface area contributed by atoms with E-state index in [1.54, 1.807) is 0 Å². The molecule has 0 aromatic carbocycles. The molecule has 0 bridgehead atoms. The van der Waals surface area contributed by atoms with Gasteiger partial charge in [-0.2, -0.15) is 0 Å². The van der Waals surface area contributed by atoms with Crippen molar-refractivity contribution in [3.8, 4) is 0 Å². The fourth-order valence-corrected chi connectivity index (χ4v) is 3.73. The lowest BCUT2D eigenvalue weighted by molar-refractivity contribution is -0.0445. The molecule has 2 heteroatoms. The van der Waals surface area contributed by atoms with Crippen LogP contribution in [-0.4, -0.2) is 22.4 Å². The summed E-state index contributed by atoms with van der Waals surface area (Å²) < 4.78 is 0. The van der Waals surface area contributed by atoms with Crippen LogP contribution in [-0.2, 0) is 0 Å². The summed E-state index contributed by atoms with van der Waals surface area (Å²) in [5.74, 6) is 0.359. The number of rotatable bonds is 2. The Hall–Kier alpha value is -0.340. The van der Waals surface area contributed by atoms with Crippen LogP contribution in [0.15, 0.2) is 11.6 Å². The minimum absolute atomic E-state index is 0.00771. The van der Waals surface area contributed by atoms with E-state index >= 15 is 0 Å².